The van der Waals surface area contributed by atoms with Crippen LogP contribution in [0.25, 0.3) is 6.08 Å². The summed E-state index contributed by atoms with van der Waals surface area (Å²) in [5, 5.41) is 9.80. The van der Waals surface area contributed by atoms with E-state index in [-0.39, 0.29) is 11.3 Å². The van der Waals surface area contributed by atoms with E-state index in [4.69, 9.17) is 19.9 Å². The smallest absolute Gasteiger partial charge is 0.336 e. The topological polar surface area (TPSA) is 94.6 Å². The van der Waals surface area contributed by atoms with Gasteiger partial charge in [0.15, 0.2) is 0 Å². The summed E-state index contributed by atoms with van der Waals surface area (Å²) in [6, 6.07) is 22.9. The van der Waals surface area contributed by atoms with Crippen LogP contribution in [-0.4, -0.2) is 12.6 Å². The van der Waals surface area contributed by atoms with Gasteiger partial charge in [-0.3, -0.25) is 0 Å². The summed E-state index contributed by atoms with van der Waals surface area (Å²) in [6.45, 7) is 9.15. The zero-order valence-electron chi connectivity index (χ0n) is 22.2. The second-order valence-electron chi connectivity index (χ2n) is 10.2. The Morgan fingerprint density at radius 1 is 1.05 bits per heavy atom. The van der Waals surface area contributed by atoms with Gasteiger partial charge in [0, 0.05) is 17.7 Å². The highest BCUT2D eigenvalue weighted by molar-refractivity contribution is 5.88. The first-order valence-electron chi connectivity index (χ1n) is 12.6. The first kappa shape index (κ1) is 26.6. The number of allylic oxidation sites excluding steroid dienone is 1. The fourth-order valence-corrected chi connectivity index (χ4v) is 4.23. The van der Waals surface area contributed by atoms with Crippen LogP contribution in [0.15, 0.2) is 84.3 Å². The third-order valence-corrected chi connectivity index (χ3v) is 6.28. The Morgan fingerprint density at radius 2 is 1.74 bits per heavy atom. The number of fused-ring (bicyclic) bond motifs is 1. The van der Waals surface area contributed by atoms with E-state index in [1.807, 2.05) is 43.3 Å². The fourth-order valence-electron chi connectivity index (χ4n) is 4.23. The second kappa shape index (κ2) is 11.3. The molecule has 0 bridgehead atoms. The highest BCUT2D eigenvalue weighted by Gasteiger charge is 2.31. The third-order valence-electron chi connectivity index (χ3n) is 6.28. The van der Waals surface area contributed by atoms with Crippen LogP contribution in [0.3, 0.4) is 0 Å². The van der Waals surface area contributed by atoms with Gasteiger partial charge in [-0.1, -0.05) is 70.2 Å². The Bertz CT molecular complexity index is 1410. The Kier molecular flexibility index (Phi) is 7.87. The number of nitrogens with two attached hydrogens (primary N) is 1. The summed E-state index contributed by atoms with van der Waals surface area (Å²) in [5.41, 5.74) is 10.3. The number of carbonyl (C=O) groups excluding carboxylic acids is 1. The molecule has 3 aromatic carbocycles. The van der Waals surface area contributed by atoms with Crippen molar-refractivity contribution in [2.45, 2.75) is 45.4 Å². The van der Waals surface area contributed by atoms with E-state index in [0.29, 0.717) is 23.7 Å². The van der Waals surface area contributed by atoms with Crippen molar-refractivity contribution >= 4 is 12.0 Å². The van der Waals surface area contributed by atoms with Crippen LogP contribution in [0.5, 0.6) is 17.2 Å². The molecule has 0 aromatic heterocycles. The Morgan fingerprint density at radius 3 is 2.37 bits per heavy atom. The van der Waals surface area contributed by atoms with E-state index in [0.717, 1.165) is 28.9 Å². The number of hydrogen-bond donors (Lipinski definition) is 1. The maximum atomic E-state index is 12.5. The van der Waals surface area contributed by atoms with Gasteiger partial charge in [-0.2, -0.15) is 5.26 Å². The molecule has 1 aliphatic heterocycles. The molecule has 1 unspecified atom stereocenters. The molecule has 0 spiro atoms. The summed E-state index contributed by atoms with van der Waals surface area (Å²) < 4.78 is 17.0. The minimum atomic E-state index is -0.513. The summed E-state index contributed by atoms with van der Waals surface area (Å²) in [4.78, 5) is 12.5. The Balaban J connectivity index is 1.52. The fraction of sp³-hybridized carbons (Fsp3) is 0.250. The number of hydrogen-bond acceptors (Lipinski definition) is 6. The van der Waals surface area contributed by atoms with Crippen molar-refractivity contribution in [1.82, 2.24) is 0 Å². The van der Waals surface area contributed by atoms with Crippen molar-refractivity contribution in [1.29, 1.82) is 5.26 Å². The largest absolute Gasteiger partial charge is 0.494 e. The zero-order valence-corrected chi connectivity index (χ0v) is 22.2. The van der Waals surface area contributed by atoms with Crippen LogP contribution < -0.4 is 19.9 Å². The standard InChI is InChI=1S/C32H32N2O4/c1-5-18-36-24-13-9-22(10-14-24)30-26-16-15-25(19-28(26)38-31(34)27(30)20-33)37-29(35)17-8-21-6-11-23(12-7-21)32(2,3)4/h6-17,19,30H,5,18,34H2,1-4H3/b17-8+. The van der Waals surface area contributed by atoms with Crippen molar-refractivity contribution in [3.63, 3.8) is 0 Å². The normalized spacial score (nSPS) is 15.0. The van der Waals surface area contributed by atoms with Gasteiger partial charge in [0.2, 0.25) is 5.88 Å². The SMILES string of the molecule is CCCOc1ccc(C2C(C#N)=C(N)Oc3cc(OC(=O)/C=C/c4ccc(C(C)(C)C)cc4)ccc32)cc1. The van der Waals surface area contributed by atoms with Gasteiger partial charge >= 0.3 is 5.97 Å². The molecule has 0 fully saturated rings. The van der Waals surface area contributed by atoms with Gasteiger partial charge in [0.05, 0.1) is 12.5 Å². The maximum absolute atomic E-state index is 12.5. The van der Waals surface area contributed by atoms with Gasteiger partial charge in [0.1, 0.15) is 28.9 Å². The summed E-state index contributed by atoms with van der Waals surface area (Å²) in [6.07, 6.45) is 4.02. The third kappa shape index (κ3) is 6.07. The predicted octanol–water partition coefficient (Wildman–Crippen LogP) is 6.61. The van der Waals surface area contributed by atoms with E-state index in [2.05, 4.69) is 39.0 Å². The molecule has 1 aliphatic rings. The highest BCUT2D eigenvalue weighted by Crippen LogP contribution is 2.43. The molecule has 2 N–H and O–H groups in total. The van der Waals surface area contributed by atoms with Crippen LogP contribution in [0.1, 0.15) is 62.3 Å². The van der Waals surface area contributed by atoms with Gasteiger partial charge in [-0.15, -0.1) is 0 Å². The molecule has 6 nitrogen and oxygen atoms in total. The van der Waals surface area contributed by atoms with Crippen molar-refractivity contribution in [2.75, 3.05) is 6.61 Å². The van der Waals surface area contributed by atoms with Crippen LogP contribution in [-0.2, 0) is 10.2 Å². The maximum Gasteiger partial charge on any atom is 0.336 e. The first-order valence-corrected chi connectivity index (χ1v) is 12.6. The molecule has 6 heteroatoms. The van der Waals surface area contributed by atoms with E-state index in [1.54, 1.807) is 24.3 Å². The zero-order chi connectivity index (χ0) is 27.3. The molecule has 0 aliphatic carbocycles. The first-order chi connectivity index (χ1) is 18.2. The number of rotatable bonds is 7. The minimum absolute atomic E-state index is 0.0263. The number of carbonyl (C=O) groups is 1. The molecular weight excluding hydrogens is 476 g/mol. The molecule has 194 valence electrons. The lowest BCUT2D eigenvalue weighted by Gasteiger charge is -2.26. The number of benzene rings is 3. The molecule has 1 atom stereocenters. The van der Waals surface area contributed by atoms with Crippen molar-refractivity contribution in [3.8, 4) is 23.3 Å². The summed E-state index contributed by atoms with van der Waals surface area (Å²) in [5.74, 6) is 0.615. The number of esters is 1. The van der Waals surface area contributed by atoms with Gasteiger partial charge in [-0.25, -0.2) is 4.79 Å². The lowest BCUT2D eigenvalue weighted by molar-refractivity contribution is -0.128. The molecular formula is C32H32N2O4. The molecule has 0 saturated heterocycles. The Labute approximate surface area is 224 Å². The van der Waals surface area contributed by atoms with Gasteiger partial charge < -0.3 is 19.9 Å². The van der Waals surface area contributed by atoms with Crippen LogP contribution in [0.4, 0.5) is 0 Å². The molecule has 0 saturated carbocycles. The van der Waals surface area contributed by atoms with E-state index in [1.165, 1.54) is 11.6 Å². The average Bonchev–Trinajstić information content (AvgIpc) is 2.90. The molecule has 4 rings (SSSR count). The molecule has 0 radical (unpaired) electrons. The summed E-state index contributed by atoms with van der Waals surface area (Å²) in [7, 11) is 0. The van der Waals surface area contributed by atoms with Gasteiger partial charge in [0.25, 0.3) is 0 Å². The van der Waals surface area contributed by atoms with Crippen molar-refractivity contribution < 1.29 is 19.0 Å². The van der Waals surface area contributed by atoms with Crippen LogP contribution in [0, 0.1) is 11.3 Å². The van der Waals surface area contributed by atoms with Crippen molar-refractivity contribution in [2.24, 2.45) is 5.73 Å². The minimum Gasteiger partial charge on any atom is -0.494 e. The van der Waals surface area contributed by atoms with Crippen molar-refractivity contribution in [3.05, 3.63) is 107 Å². The van der Waals surface area contributed by atoms with E-state index < -0.39 is 11.9 Å². The highest BCUT2D eigenvalue weighted by atomic mass is 16.5. The van der Waals surface area contributed by atoms with E-state index in [9.17, 15) is 10.1 Å². The van der Waals surface area contributed by atoms with E-state index >= 15 is 0 Å². The van der Waals surface area contributed by atoms with Crippen LogP contribution >= 0.6 is 0 Å². The number of ether oxygens (including phenoxy) is 3. The summed E-state index contributed by atoms with van der Waals surface area (Å²) >= 11 is 0. The average molecular weight is 509 g/mol. The van der Waals surface area contributed by atoms with Gasteiger partial charge in [-0.05, 0) is 52.8 Å². The second-order valence-corrected chi connectivity index (χ2v) is 10.2. The molecule has 1 heterocycles. The quantitative estimate of drug-likeness (QED) is 0.219. The molecule has 0 amide bonds. The molecule has 3 aromatic rings. The number of nitriles is 1. The Hall–Kier alpha value is -4.50. The molecule has 38 heavy (non-hydrogen) atoms. The van der Waals surface area contributed by atoms with Crippen LogP contribution in [0.2, 0.25) is 0 Å². The monoisotopic (exact) mass is 508 g/mol. The lowest BCUT2D eigenvalue weighted by Crippen LogP contribution is -2.21. The lowest BCUT2D eigenvalue weighted by atomic mass is 9.83. The number of nitrogens with zero attached hydrogens (tertiary/aromatic N) is 1. The predicted molar refractivity (Wildman–Crippen MR) is 148 cm³/mol.